The smallest absolute Gasteiger partial charge is 0.339 e. The molecule has 1 aromatic heterocycles. The second kappa shape index (κ2) is 5.60. The third-order valence-electron chi connectivity index (χ3n) is 2.20. The summed E-state index contributed by atoms with van der Waals surface area (Å²) in [5.74, 6) is -1.03. The van der Waals surface area contributed by atoms with E-state index >= 15 is 0 Å². The fourth-order valence-electron chi connectivity index (χ4n) is 1.09. The summed E-state index contributed by atoms with van der Waals surface area (Å²) in [4.78, 5) is 14.6. The lowest BCUT2D eigenvalue weighted by atomic mass is 10.2. The number of pyridine rings is 1. The standard InChI is InChI=1S/C10H14N2O3S/c1-7(16(2)15)5-12-9-3-4-11-6-8(9)10(13)14/h3-4,6-7H,5H2,1-2H3,(H,11,12)(H,13,14). The van der Waals surface area contributed by atoms with E-state index in [4.69, 9.17) is 5.11 Å². The first-order valence-corrected chi connectivity index (χ1v) is 6.38. The maximum absolute atomic E-state index is 11.1. The van der Waals surface area contributed by atoms with Gasteiger partial charge in [0.2, 0.25) is 0 Å². The highest BCUT2D eigenvalue weighted by Crippen LogP contribution is 2.13. The molecule has 1 rings (SSSR count). The molecule has 0 aliphatic rings. The van der Waals surface area contributed by atoms with Gasteiger partial charge in [-0.1, -0.05) is 0 Å². The molecule has 1 heterocycles. The molecular formula is C10H14N2O3S. The number of carboxylic acid groups (broad SMARTS) is 1. The van der Waals surface area contributed by atoms with Crippen molar-refractivity contribution in [3.8, 4) is 0 Å². The molecular weight excluding hydrogens is 228 g/mol. The van der Waals surface area contributed by atoms with E-state index in [1.807, 2.05) is 6.92 Å². The predicted molar refractivity (Wildman–Crippen MR) is 63.2 cm³/mol. The number of nitrogens with one attached hydrogen (secondary N) is 1. The Morgan fingerprint density at radius 1 is 1.69 bits per heavy atom. The lowest BCUT2D eigenvalue weighted by Crippen LogP contribution is -2.21. The van der Waals surface area contributed by atoms with Crippen molar-refractivity contribution in [3.63, 3.8) is 0 Å². The van der Waals surface area contributed by atoms with E-state index in [0.29, 0.717) is 12.2 Å². The molecule has 5 nitrogen and oxygen atoms in total. The molecule has 16 heavy (non-hydrogen) atoms. The van der Waals surface area contributed by atoms with E-state index in [0.717, 1.165) is 0 Å². The Balaban J connectivity index is 2.74. The third kappa shape index (κ3) is 3.30. The Kier molecular flexibility index (Phi) is 4.42. The van der Waals surface area contributed by atoms with Gasteiger partial charge in [-0.25, -0.2) is 4.79 Å². The molecule has 1 aromatic rings. The monoisotopic (exact) mass is 242 g/mol. The van der Waals surface area contributed by atoms with Gasteiger partial charge >= 0.3 is 5.97 Å². The van der Waals surface area contributed by atoms with Crippen LogP contribution in [0.3, 0.4) is 0 Å². The number of rotatable bonds is 5. The fourth-order valence-corrected chi connectivity index (χ4v) is 1.41. The average molecular weight is 242 g/mol. The van der Waals surface area contributed by atoms with Crippen LogP contribution in [0.1, 0.15) is 17.3 Å². The van der Waals surface area contributed by atoms with Crippen molar-refractivity contribution in [3.05, 3.63) is 24.0 Å². The van der Waals surface area contributed by atoms with E-state index < -0.39 is 16.8 Å². The third-order valence-corrected chi connectivity index (χ3v) is 3.50. The quantitative estimate of drug-likeness (QED) is 0.804. The van der Waals surface area contributed by atoms with E-state index in [-0.39, 0.29) is 10.8 Å². The zero-order valence-corrected chi connectivity index (χ0v) is 9.95. The minimum atomic E-state index is -1.03. The maximum Gasteiger partial charge on any atom is 0.339 e. The molecule has 0 bridgehead atoms. The minimum Gasteiger partial charge on any atom is -0.478 e. The van der Waals surface area contributed by atoms with Gasteiger partial charge in [0.25, 0.3) is 0 Å². The maximum atomic E-state index is 11.1. The van der Waals surface area contributed by atoms with Crippen LogP contribution in [-0.2, 0) is 10.8 Å². The van der Waals surface area contributed by atoms with Crippen LogP contribution in [0, 0.1) is 0 Å². The Morgan fingerprint density at radius 2 is 2.38 bits per heavy atom. The Morgan fingerprint density at radius 3 is 2.94 bits per heavy atom. The van der Waals surface area contributed by atoms with Gasteiger partial charge in [0.15, 0.2) is 0 Å². The van der Waals surface area contributed by atoms with Crippen LogP contribution in [0.4, 0.5) is 5.69 Å². The largest absolute Gasteiger partial charge is 0.478 e. The summed E-state index contributed by atoms with van der Waals surface area (Å²) in [7, 11) is -0.927. The van der Waals surface area contributed by atoms with Crippen molar-refractivity contribution in [1.29, 1.82) is 0 Å². The molecule has 0 amide bonds. The van der Waals surface area contributed by atoms with Crippen LogP contribution < -0.4 is 5.32 Å². The van der Waals surface area contributed by atoms with Gasteiger partial charge in [-0.15, -0.1) is 0 Å². The highest BCUT2D eigenvalue weighted by atomic mass is 32.2. The first-order chi connectivity index (χ1) is 7.52. The molecule has 0 aliphatic carbocycles. The van der Waals surface area contributed by atoms with Gasteiger partial charge in [0.05, 0.1) is 5.69 Å². The van der Waals surface area contributed by atoms with Crippen molar-refractivity contribution < 1.29 is 14.1 Å². The van der Waals surface area contributed by atoms with E-state index in [1.165, 1.54) is 12.4 Å². The lowest BCUT2D eigenvalue weighted by molar-refractivity contribution is 0.0697. The number of anilines is 1. The zero-order valence-electron chi connectivity index (χ0n) is 9.14. The summed E-state index contributed by atoms with van der Waals surface area (Å²) >= 11 is 0. The number of nitrogens with zero attached hydrogens (tertiary/aromatic N) is 1. The molecule has 0 saturated carbocycles. The van der Waals surface area contributed by atoms with Crippen LogP contribution in [0.15, 0.2) is 18.5 Å². The van der Waals surface area contributed by atoms with Gasteiger partial charge in [0.1, 0.15) is 5.56 Å². The molecule has 2 atom stereocenters. The van der Waals surface area contributed by atoms with Crippen LogP contribution in [0.25, 0.3) is 0 Å². The average Bonchev–Trinajstić information content (AvgIpc) is 2.25. The molecule has 0 saturated heterocycles. The van der Waals surface area contributed by atoms with Crippen molar-refractivity contribution in [2.75, 3.05) is 18.1 Å². The summed E-state index contributed by atoms with van der Waals surface area (Å²) < 4.78 is 11.1. The van der Waals surface area contributed by atoms with Gasteiger partial charge in [-0.05, 0) is 13.0 Å². The first-order valence-electron chi connectivity index (χ1n) is 4.75. The normalized spacial score (nSPS) is 14.1. The van der Waals surface area contributed by atoms with Crippen molar-refractivity contribution in [2.24, 2.45) is 0 Å². The topological polar surface area (TPSA) is 79.3 Å². The Hall–Kier alpha value is -1.43. The van der Waals surface area contributed by atoms with Gasteiger partial charge in [-0.3, -0.25) is 9.19 Å². The highest BCUT2D eigenvalue weighted by Gasteiger charge is 2.11. The first kappa shape index (κ1) is 12.6. The van der Waals surface area contributed by atoms with Crippen LogP contribution in [0.2, 0.25) is 0 Å². The number of hydrogen-bond acceptors (Lipinski definition) is 4. The lowest BCUT2D eigenvalue weighted by Gasteiger charge is -2.12. The summed E-state index contributed by atoms with van der Waals surface area (Å²) in [5.41, 5.74) is 0.622. The summed E-state index contributed by atoms with van der Waals surface area (Å²) in [5, 5.41) is 11.8. The molecule has 88 valence electrons. The van der Waals surface area contributed by atoms with Gasteiger partial charge < -0.3 is 10.4 Å². The summed E-state index contributed by atoms with van der Waals surface area (Å²) in [6.45, 7) is 2.30. The molecule has 6 heteroatoms. The van der Waals surface area contributed by atoms with Gasteiger partial charge in [0, 0.05) is 41.2 Å². The summed E-state index contributed by atoms with van der Waals surface area (Å²) in [6.07, 6.45) is 4.43. The number of aromatic carboxylic acids is 1. The van der Waals surface area contributed by atoms with Crippen molar-refractivity contribution in [2.45, 2.75) is 12.2 Å². The molecule has 2 unspecified atom stereocenters. The minimum absolute atomic E-state index is 0.0326. The second-order valence-electron chi connectivity index (χ2n) is 3.42. The fraction of sp³-hybridized carbons (Fsp3) is 0.400. The van der Waals surface area contributed by atoms with E-state index in [2.05, 4.69) is 10.3 Å². The van der Waals surface area contributed by atoms with Crippen molar-refractivity contribution >= 4 is 22.5 Å². The number of hydrogen-bond donors (Lipinski definition) is 2. The van der Waals surface area contributed by atoms with Crippen molar-refractivity contribution in [1.82, 2.24) is 4.98 Å². The highest BCUT2D eigenvalue weighted by molar-refractivity contribution is 7.84. The van der Waals surface area contributed by atoms with Crippen LogP contribution in [-0.4, -0.2) is 38.3 Å². The molecule has 0 radical (unpaired) electrons. The second-order valence-corrected chi connectivity index (χ2v) is 5.22. The number of aromatic nitrogens is 1. The Bertz CT molecular complexity index is 409. The molecule has 0 spiro atoms. The predicted octanol–water partition coefficient (Wildman–Crippen LogP) is 0.959. The number of carboxylic acids is 1. The molecule has 0 fully saturated rings. The number of carbonyl (C=O) groups is 1. The van der Waals surface area contributed by atoms with E-state index in [9.17, 15) is 9.00 Å². The molecule has 0 aromatic carbocycles. The molecule has 0 aliphatic heterocycles. The molecule has 2 N–H and O–H groups in total. The Labute approximate surface area is 96.4 Å². The zero-order chi connectivity index (χ0) is 12.1. The van der Waals surface area contributed by atoms with Crippen LogP contribution in [0.5, 0.6) is 0 Å². The SMILES string of the molecule is CC(CNc1ccncc1C(=O)O)S(C)=O. The van der Waals surface area contributed by atoms with Crippen LogP contribution >= 0.6 is 0 Å². The van der Waals surface area contributed by atoms with Gasteiger partial charge in [-0.2, -0.15) is 0 Å². The van der Waals surface area contributed by atoms with E-state index in [1.54, 1.807) is 12.3 Å². The summed E-state index contributed by atoms with van der Waals surface area (Å²) in [6, 6.07) is 1.59.